The minimum Gasteiger partial charge on any atom is -0.459 e. The van der Waals surface area contributed by atoms with Crippen molar-refractivity contribution in [1.29, 1.82) is 0 Å². The molecule has 1 N–H and O–H groups in total. The van der Waals surface area contributed by atoms with Crippen molar-refractivity contribution in [1.82, 2.24) is 19.3 Å². The second kappa shape index (κ2) is 8.24. The Kier molecular flexibility index (Phi) is 5.25. The van der Waals surface area contributed by atoms with E-state index in [4.69, 9.17) is 4.42 Å². The molecule has 1 saturated heterocycles. The maximum absolute atomic E-state index is 12.5. The molecule has 11 heteroatoms. The molecule has 1 fully saturated rings. The average molecular weight is 467 g/mol. The number of carbonyl (C=O) groups excluding carboxylic acids is 1. The molecule has 3 aromatic heterocycles. The van der Waals surface area contributed by atoms with E-state index in [1.165, 1.54) is 6.26 Å². The Labute approximate surface area is 190 Å². The van der Waals surface area contributed by atoms with Crippen LogP contribution in [0.3, 0.4) is 0 Å². The fraction of sp³-hybridized carbons (Fsp3) is 0.227. The third kappa shape index (κ3) is 4.27. The summed E-state index contributed by atoms with van der Waals surface area (Å²) in [5, 5.41) is 0. The number of sulfonamides is 1. The van der Waals surface area contributed by atoms with Crippen molar-refractivity contribution in [2.45, 2.75) is 0 Å². The fourth-order valence-corrected chi connectivity index (χ4v) is 4.53. The summed E-state index contributed by atoms with van der Waals surface area (Å²) in [6.07, 6.45) is 7.91. The molecule has 0 atom stereocenters. The SMILES string of the molecule is CS(=O)(=O)Nc1cccc(-c2cnc3c(N4CCN(C(=O)c5ccco5)CC4)nccn23)c1. The molecular weight excluding hydrogens is 444 g/mol. The van der Waals surface area contributed by atoms with Gasteiger partial charge < -0.3 is 14.2 Å². The molecule has 4 aromatic rings. The molecule has 1 aliphatic rings. The van der Waals surface area contributed by atoms with Gasteiger partial charge in [-0.05, 0) is 24.3 Å². The van der Waals surface area contributed by atoms with Crippen molar-refractivity contribution in [3.8, 4) is 11.3 Å². The van der Waals surface area contributed by atoms with E-state index in [0.29, 0.717) is 43.3 Å². The number of benzene rings is 1. The standard InChI is InChI=1S/C22H22N6O4S/c1-33(30,31)25-17-5-2-4-16(14-17)18-15-24-21-20(23-7-8-28(18)21)26-9-11-27(12-10-26)22(29)19-6-3-13-32-19/h2-8,13-15,25H,9-12H2,1H3. The maximum atomic E-state index is 12.5. The summed E-state index contributed by atoms with van der Waals surface area (Å²) in [4.78, 5) is 25.6. The van der Waals surface area contributed by atoms with E-state index >= 15 is 0 Å². The molecule has 0 unspecified atom stereocenters. The van der Waals surface area contributed by atoms with Crippen molar-refractivity contribution < 1.29 is 17.6 Å². The predicted molar refractivity (Wildman–Crippen MR) is 124 cm³/mol. The zero-order chi connectivity index (χ0) is 23.0. The van der Waals surface area contributed by atoms with Gasteiger partial charge in [0.1, 0.15) is 0 Å². The van der Waals surface area contributed by atoms with Crippen LogP contribution < -0.4 is 9.62 Å². The second-order valence-electron chi connectivity index (χ2n) is 7.80. The van der Waals surface area contributed by atoms with Gasteiger partial charge in [0.15, 0.2) is 17.2 Å². The zero-order valence-electron chi connectivity index (χ0n) is 17.9. The second-order valence-corrected chi connectivity index (χ2v) is 9.55. The van der Waals surface area contributed by atoms with Crippen molar-refractivity contribution in [2.24, 2.45) is 0 Å². The lowest BCUT2D eigenvalue weighted by Gasteiger charge is -2.35. The summed E-state index contributed by atoms with van der Waals surface area (Å²) < 4.78 is 32.8. The predicted octanol–water partition coefficient (Wildman–Crippen LogP) is 2.32. The summed E-state index contributed by atoms with van der Waals surface area (Å²) in [7, 11) is -3.37. The van der Waals surface area contributed by atoms with Crippen LogP contribution in [0.4, 0.5) is 11.5 Å². The first-order valence-corrected chi connectivity index (χ1v) is 12.3. The van der Waals surface area contributed by atoms with Crippen LogP contribution in [0.2, 0.25) is 0 Å². The van der Waals surface area contributed by atoms with Gasteiger partial charge in [-0.3, -0.25) is 13.9 Å². The molecule has 0 aliphatic carbocycles. The molecule has 1 aromatic carbocycles. The van der Waals surface area contributed by atoms with E-state index in [2.05, 4.69) is 19.6 Å². The minimum atomic E-state index is -3.37. The molecule has 4 heterocycles. The first-order valence-electron chi connectivity index (χ1n) is 10.4. The van der Waals surface area contributed by atoms with Crippen molar-refractivity contribution >= 4 is 33.1 Å². The Morgan fingerprint density at radius 3 is 2.64 bits per heavy atom. The molecule has 0 spiro atoms. The highest BCUT2D eigenvalue weighted by molar-refractivity contribution is 7.92. The molecular formula is C22H22N6O4S. The summed E-state index contributed by atoms with van der Waals surface area (Å²) >= 11 is 0. The van der Waals surface area contributed by atoms with E-state index in [-0.39, 0.29) is 5.91 Å². The number of nitrogens with one attached hydrogen (secondary N) is 1. The van der Waals surface area contributed by atoms with Gasteiger partial charge in [0.2, 0.25) is 10.0 Å². The number of nitrogens with zero attached hydrogens (tertiary/aromatic N) is 5. The lowest BCUT2D eigenvalue weighted by Crippen LogP contribution is -2.49. The van der Waals surface area contributed by atoms with E-state index in [0.717, 1.165) is 23.3 Å². The number of rotatable bonds is 5. The fourth-order valence-electron chi connectivity index (χ4n) is 3.98. The molecule has 10 nitrogen and oxygen atoms in total. The van der Waals surface area contributed by atoms with E-state index < -0.39 is 10.0 Å². The number of anilines is 2. The number of imidazole rings is 1. The van der Waals surface area contributed by atoms with E-state index in [1.807, 2.05) is 16.7 Å². The van der Waals surface area contributed by atoms with Gasteiger partial charge in [-0.2, -0.15) is 0 Å². The van der Waals surface area contributed by atoms with Gasteiger partial charge >= 0.3 is 0 Å². The molecule has 0 saturated carbocycles. The lowest BCUT2D eigenvalue weighted by molar-refractivity contribution is 0.0714. The summed E-state index contributed by atoms with van der Waals surface area (Å²) in [5.41, 5.74) is 2.82. The monoisotopic (exact) mass is 466 g/mol. The van der Waals surface area contributed by atoms with Gasteiger partial charge in [0.05, 0.1) is 24.4 Å². The van der Waals surface area contributed by atoms with Crippen LogP contribution in [0, 0.1) is 0 Å². The lowest BCUT2D eigenvalue weighted by atomic mass is 10.1. The molecule has 1 aliphatic heterocycles. The smallest absolute Gasteiger partial charge is 0.289 e. The van der Waals surface area contributed by atoms with Crippen LogP contribution in [0.25, 0.3) is 16.9 Å². The van der Waals surface area contributed by atoms with Crippen LogP contribution in [0.15, 0.2) is 65.7 Å². The average Bonchev–Trinajstić information content (AvgIpc) is 3.48. The van der Waals surface area contributed by atoms with Crippen LogP contribution in [0.5, 0.6) is 0 Å². The van der Waals surface area contributed by atoms with Gasteiger partial charge in [0, 0.05) is 49.8 Å². The van der Waals surface area contributed by atoms with Crippen LogP contribution in [0.1, 0.15) is 10.6 Å². The maximum Gasteiger partial charge on any atom is 0.289 e. The van der Waals surface area contributed by atoms with Crippen LogP contribution in [-0.2, 0) is 10.0 Å². The highest BCUT2D eigenvalue weighted by Gasteiger charge is 2.26. The summed E-state index contributed by atoms with van der Waals surface area (Å²) in [6.45, 7) is 2.34. The third-order valence-corrected chi connectivity index (χ3v) is 6.08. The van der Waals surface area contributed by atoms with Crippen LogP contribution >= 0.6 is 0 Å². The zero-order valence-corrected chi connectivity index (χ0v) is 18.7. The number of furan rings is 1. The first-order chi connectivity index (χ1) is 15.9. The molecule has 0 radical (unpaired) electrons. The molecule has 170 valence electrons. The number of amides is 1. The van der Waals surface area contributed by atoms with Gasteiger partial charge in [0.25, 0.3) is 5.91 Å². The van der Waals surface area contributed by atoms with Gasteiger partial charge in [-0.25, -0.2) is 18.4 Å². The molecule has 5 rings (SSSR count). The van der Waals surface area contributed by atoms with Gasteiger partial charge in [-0.15, -0.1) is 0 Å². The highest BCUT2D eigenvalue weighted by atomic mass is 32.2. The van der Waals surface area contributed by atoms with Gasteiger partial charge in [-0.1, -0.05) is 12.1 Å². The van der Waals surface area contributed by atoms with E-state index in [9.17, 15) is 13.2 Å². The topological polar surface area (TPSA) is 113 Å². The van der Waals surface area contributed by atoms with Crippen molar-refractivity contribution in [3.63, 3.8) is 0 Å². The Hall–Kier alpha value is -3.86. The quantitative estimate of drug-likeness (QED) is 0.480. The number of piperazine rings is 1. The Bertz CT molecular complexity index is 1410. The number of fused-ring (bicyclic) bond motifs is 1. The van der Waals surface area contributed by atoms with Crippen molar-refractivity contribution in [2.75, 3.05) is 42.1 Å². The Morgan fingerprint density at radius 2 is 1.91 bits per heavy atom. The number of carbonyl (C=O) groups is 1. The summed E-state index contributed by atoms with van der Waals surface area (Å²) in [5.74, 6) is 0.963. The Balaban J connectivity index is 1.39. The Morgan fingerprint density at radius 1 is 1.09 bits per heavy atom. The number of hydrogen-bond donors (Lipinski definition) is 1. The molecule has 1 amide bonds. The normalized spacial score (nSPS) is 14.6. The molecule has 0 bridgehead atoms. The summed E-state index contributed by atoms with van der Waals surface area (Å²) in [6, 6.07) is 10.5. The minimum absolute atomic E-state index is 0.114. The first kappa shape index (κ1) is 21.0. The highest BCUT2D eigenvalue weighted by Crippen LogP contribution is 2.27. The van der Waals surface area contributed by atoms with Crippen LogP contribution in [-0.4, -0.2) is 66.0 Å². The van der Waals surface area contributed by atoms with E-state index in [1.54, 1.807) is 47.6 Å². The number of aromatic nitrogens is 3. The third-order valence-electron chi connectivity index (χ3n) is 5.47. The van der Waals surface area contributed by atoms with Crippen molar-refractivity contribution in [3.05, 3.63) is 67.0 Å². The number of hydrogen-bond acceptors (Lipinski definition) is 7. The molecule has 33 heavy (non-hydrogen) atoms. The largest absolute Gasteiger partial charge is 0.459 e.